The average molecular weight is 351 g/mol. The average Bonchev–Trinajstić information content (AvgIpc) is 3.37. The first-order chi connectivity index (χ1) is 12.6. The van der Waals surface area contributed by atoms with E-state index in [2.05, 4.69) is 10.1 Å². The number of nitrogens with zero attached hydrogens (tertiary/aromatic N) is 3. The molecule has 4 rings (SSSR count). The summed E-state index contributed by atoms with van der Waals surface area (Å²) in [6, 6.07) is 7.02. The summed E-state index contributed by atoms with van der Waals surface area (Å²) in [5.74, 6) is -1.25. The third kappa shape index (κ3) is 2.39. The van der Waals surface area contributed by atoms with Gasteiger partial charge in [0.1, 0.15) is 5.76 Å². The predicted octanol–water partition coefficient (Wildman–Crippen LogP) is 2.75. The number of aromatic nitrogens is 2. The summed E-state index contributed by atoms with van der Waals surface area (Å²) in [6.45, 7) is 1.68. The minimum atomic E-state index is -0.882. The highest BCUT2D eigenvalue weighted by Gasteiger charge is 2.46. The van der Waals surface area contributed by atoms with Crippen LogP contribution in [0.25, 0.3) is 0 Å². The maximum absolute atomic E-state index is 12.9. The lowest BCUT2D eigenvalue weighted by Gasteiger charge is -2.23. The highest BCUT2D eigenvalue weighted by atomic mass is 16.5. The Hall–Kier alpha value is -3.68. The van der Waals surface area contributed by atoms with Crippen LogP contribution in [0.5, 0.6) is 0 Å². The molecule has 0 aliphatic carbocycles. The van der Waals surface area contributed by atoms with Crippen LogP contribution in [0.1, 0.15) is 27.9 Å². The lowest BCUT2D eigenvalue weighted by atomic mass is 9.96. The number of amides is 1. The zero-order valence-corrected chi connectivity index (χ0v) is 13.6. The smallest absolute Gasteiger partial charge is 0.295 e. The van der Waals surface area contributed by atoms with Gasteiger partial charge in [-0.25, -0.2) is 0 Å². The fourth-order valence-corrected chi connectivity index (χ4v) is 2.94. The molecule has 1 aliphatic rings. The van der Waals surface area contributed by atoms with E-state index in [1.807, 2.05) is 0 Å². The molecule has 3 aromatic rings. The Balaban J connectivity index is 1.88. The van der Waals surface area contributed by atoms with Crippen molar-refractivity contribution in [2.45, 2.75) is 13.0 Å². The topological polar surface area (TPSA) is 110 Å². The van der Waals surface area contributed by atoms with Crippen LogP contribution in [0, 0.1) is 6.92 Å². The molecule has 1 atom stereocenters. The predicted molar refractivity (Wildman–Crippen MR) is 88.4 cm³/mol. The molecular formula is C18H13N3O5. The summed E-state index contributed by atoms with van der Waals surface area (Å²) < 4.78 is 10.2. The Labute approximate surface area is 147 Å². The molecule has 0 saturated carbocycles. The lowest BCUT2D eigenvalue weighted by molar-refractivity contribution is -0.117. The number of hydrogen-bond acceptors (Lipinski definition) is 7. The molecule has 0 bridgehead atoms. The summed E-state index contributed by atoms with van der Waals surface area (Å²) in [4.78, 5) is 30.8. The molecule has 8 nitrogen and oxygen atoms in total. The number of aryl methyl sites for hydroxylation is 1. The van der Waals surface area contributed by atoms with Crippen molar-refractivity contribution in [3.8, 4) is 0 Å². The molecule has 26 heavy (non-hydrogen) atoms. The standard InChI is InChI=1S/C18H13N3O5/c1-10-9-13(20-26-10)21-15(11-4-6-19-7-5-11)14(17(23)18(21)24)16(22)12-3-2-8-25-12/h2-9,15,23H,1H3/t15-/m1/s1. The van der Waals surface area contributed by atoms with Crippen molar-refractivity contribution in [1.29, 1.82) is 0 Å². The number of aliphatic hydroxyl groups excluding tert-OH is 1. The Morgan fingerprint density at radius 3 is 2.65 bits per heavy atom. The van der Waals surface area contributed by atoms with Gasteiger partial charge in [-0.1, -0.05) is 5.16 Å². The van der Waals surface area contributed by atoms with E-state index in [1.165, 1.54) is 29.6 Å². The van der Waals surface area contributed by atoms with Crippen LogP contribution < -0.4 is 4.90 Å². The van der Waals surface area contributed by atoms with Gasteiger partial charge in [0.15, 0.2) is 17.3 Å². The third-order valence-corrected chi connectivity index (χ3v) is 4.08. The maximum atomic E-state index is 12.9. The van der Waals surface area contributed by atoms with Crippen molar-refractivity contribution >= 4 is 17.5 Å². The zero-order chi connectivity index (χ0) is 18.3. The van der Waals surface area contributed by atoms with Gasteiger partial charge in [-0.2, -0.15) is 0 Å². The molecular weight excluding hydrogens is 338 g/mol. The van der Waals surface area contributed by atoms with Gasteiger partial charge in [0, 0.05) is 18.5 Å². The normalized spacial score (nSPS) is 17.2. The molecule has 0 aromatic carbocycles. The first-order valence-corrected chi connectivity index (χ1v) is 7.76. The minimum Gasteiger partial charge on any atom is -0.503 e. The Kier molecular flexibility index (Phi) is 3.65. The number of carbonyl (C=O) groups excluding carboxylic acids is 2. The lowest BCUT2D eigenvalue weighted by Crippen LogP contribution is -2.31. The van der Waals surface area contributed by atoms with Crippen LogP contribution in [0.2, 0.25) is 0 Å². The number of ketones is 1. The number of hydrogen-bond donors (Lipinski definition) is 1. The van der Waals surface area contributed by atoms with E-state index < -0.39 is 23.5 Å². The Bertz CT molecular complexity index is 1000. The molecule has 0 saturated heterocycles. The molecule has 130 valence electrons. The molecule has 8 heteroatoms. The van der Waals surface area contributed by atoms with Crippen LogP contribution in [-0.4, -0.2) is 26.9 Å². The van der Waals surface area contributed by atoms with E-state index in [9.17, 15) is 14.7 Å². The van der Waals surface area contributed by atoms with Crippen LogP contribution in [0.3, 0.4) is 0 Å². The first kappa shape index (κ1) is 15.8. The summed E-state index contributed by atoms with van der Waals surface area (Å²) in [6.07, 6.45) is 4.43. The van der Waals surface area contributed by atoms with Crippen LogP contribution in [-0.2, 0) is 4.79 Å². The van der Waals surface area contributed by atoms with Crippen molar-refractivity contribution in [3.63, 3.8) is 0 Å². The number of pyridine rings is 1. The van der Waals surface area contributed by atoms with Crippen LogP contribution in [0.4, 0.5) is 5.82 Å². The highest BCUT2D eigenvalue weighted by Crippen LogP contribution is 2.41. The van der Waals surface area contributed by atoms with Crippen molar-refractivity contribution < 1.29 is 23.6 Å². The van der Waals surface area contributed by atoms with Gasteiger partial charge in [0.25, 0.3) is 5.91 Å². The van der Waals surface area contributed by atoms with E-state index in [0.717, 1.165) is 0 Å². The van der Waals surface area contributed by atoms with E-state index in [4.69, 9.17) is 8.94 Å². The Morgan fingerprint density at radius 1 is 1.27 bits per heavy atom. The van der Waals surface area contributed by atoms with Crippen molar-refractivity contribution in [1.82, 2.24) is 10.1 Å². The second kappa shape index (κ2) is 5.99. The molecule has 0 unspecified atom stereocenters. The summed E-state index contributed by atoms with van der Waals surface area (Å²) in [7, 11) is 0. The number of Topliss-reactive ketones (excluding diaryl/α,β-unsaturated/α-hetero) is 1. The minimum absolute atomic E-state index is 0.0246. The second-order valence-electron chi connectivity index (χ2n) is 5.72. The largest absolute Gasteiger partial charge is 0.503 e. The van der Waals surface area contributed by atoms with Gasteiger partial charge < -0.3 is 14.0 Å². The molecule has 1 amide bonds. The molecule has 3 aromatic heterocycles. The van der Waals surface area contributed by atoms with E-state index in [0.29, 0.717) is 11.3 Å². The molecule has 1 aliphatic heterocycles. The molecule has 0 fully saturated rings. The van der Waals surface area contributed by atoms with Gasteiger partial charge in [-0.15, -0.1) is 0 Å². The Morgan fingerprint density at radius 2 is 2.04 bits per heavy atom. The van der Waals surface area contributed by atoms with Crippen molar-refractivity contribution in [2.24, 2.45) is 0 Å². The third-order valence-electron chi connectivity index (χ3n) is 4.08. The maximum Gasteiger partial charge on any atom is 0.295 e. The first-order valence-electron chi connectivity index (χ1n) is 7.76. The van der Waals surface area contributed by atoms with Gasteiger partial charge >= 0.3 is 0 Å². The van der Waals surface area contributed by atoms with Crippen LogP contribution in [0.15, 0.2) is 69.3 Å². The van der Waals surface area contributed by atoms with E-state index >= 15 is 0 Å². The van der Waals surface area contributed by atoms with Gasteiger partial charge in [0.2, 0.25) is 5.78 Å². The molecule has 1 N–H and O–H groups in total. The molecule has 0 radical (unpaired) electrons. The van der Waals surface area contributed by atoms with Gasteiger partial charge in [-0.05, 0) is 36.8 Å². The van der Waals surface area contributed by atoms with Gasteiger partial charge in [0.05, 0.1) is 17.9 Å². The summed E-state index contributed by atoms with van der Waals surface area (Å²) >= 11 is 0. The van der Waals surface area contributed by atoms with Crippen molar-refractivity contribution in [2.75, 3.05) is 4.90 Å². The fraction of sp³-hybridized carbons (Fsp3) is 0.111. The van der Waals surface area contributed by atoms with Gasteiger partial charge in [-0.3, -0.25) is 19.5 Å². The fourth-order valence-electron chi connectivity index (χ4n) is 2.94. The monoisotopic (exact) mass is 351 g/mol. The quantitative estimate of drug-likeness (QED) is 0.720. The number of anilines is 1. The number of furan rings is 1. The second-order valence-corrected chi connectivity index (χ2v) is 5.72. The number of aliphatic hydroxyl groups is 1. The summed E-state index contributed by atoms with van der Waals surface area (Å²) in [5, 5.41) is 14.3. The SMILES string of the molecule is Cc1cc(N2C(=O)C(O)=C(C(=O)c3ccco3)[C@H]2c2ccncc2)no1. The number of carbonyl (C=O) groups is 2. The molecule has 0 spiro atoms. The van der Waals surface area contributed by atoms with Crippen LogP contribution >= 0.6 is 0 Å². The highest BCUT2D eigenvalue weighted by molar-refractivity contribution is 6.19. The summed E-state index contributed by atoms with van der Waals surface area (Å²) in [5.41, 5.74) is 0.504. The van der Waals surface area contributed by atoms with E-state index in [-0.39, 0.29) is 17.2 Å². The van der Waals surface area contributed by atoms with E-state index in [1.54, 1.807) is 31.2 Å². The number of rotatable bonds is 4. The zero-order valence-electron chi connectivity index (χ0n) is 13.6. The molecule has 4 heterocycles. The van der Waals surface area contributed by atoms with Crippen molar-refractivity contribution in [3.05, 3.63) is 77.4 Å².